The fourth-order valence-corrected chi connectivity index (χ4v) is 5.93. The zero-order valence-electron chi connectivity index (χ0n) is 18.9. The van der Waals surface area contributed by atoms with E-state index in [1.807, 2.05) is 43.5 Å². The van der Waals surface area contributed by atoms with Gasteiger partial charge in [0, 0.05) is 17.3 Å². The fourth-order valence-electron chi connectivity index (χ4n) is 3.45. The molecule has 0 aliphatic rings. The molecule has 0 spiro atoms. The van der Waals surface area contributed by atoms with Crippen molar-refractivity contribution in [1.29, 1.82) is 0 Å². The highest BCUT2D eigenvalue weighted by Gasteiger charge is 2.19. The van der Waals surface area contributed by atoms with E-state index < -0.39 is 10.1 Å². The van der Waals surface area contributed by atoms with Crippen LogP contribution in [0.1, 0.15) is 5.56 Å². The van der Waals surface area contributed by atoms with E-state index in [0.29, 0.717) is 0 Å². The smallest absolute Gasteiger partial charge is 0.282 e. The maximum absolute atomic E-state index is 10.5. The largest absolute Gasteiger partial charge is 0.294 e. The van der Waals surface area contributed by atoms with Crippen molar-refractivity contribution in [2.75, 3.05) is 0 Å². The molecule has 6 aromatic rings. The molecule has 0 amide bonds. The van der Waals surface area contributed by atoms with E-state index in [-0.39, 0.29) is 4.90 Å². The Bertz CT molecular complexity index is 1710. The van der Waals surface area contributed by atoms with Crippen LogP contribution in [0.4, 0.5) is 0 Å². The Morgan fingerprint density at radius 2 is 1.72 bits per heavy atom. The molecule has 4 heterocycles. The van der Waals surface area contributed by atoms with Gasteiger partial charge in [-0.2, -0.15) is 13.5 Å². The van der Waals surface area contributed by atoms with Crippen molar-refractivity contribution in [1.82, 2.24) is 25.1 Å². The zero-order valence-corrected chi connectivity index (χ0v) is 21.3. The maximum atomic E-state index is 10.5. The van der Waals surface area contributed by atoms with Crippen LogP contribution in [0.2, 0.25) is 0 Å². The van der Waals surface area contributed by atoms with E-state index in [1.54, 1.807) is 34.8 Å². The molecule has 180 valence electrons. The molecule has 8 nitrogen and oxygen atoms in total. The Morgan fingerprint density at radius 3 is 2.42 bits per heavy atom. The minimum Gasteiger partial charge on any atom is -0.282 e. The van der Waals surface area contributed by atoms with Crippen LogP contribution in [-0.2, 0) is 10.1 Å². The second-order valence-electron chi connectivity index (χ2n) is 7.68. The second kappa shape index (κ2) is 10.1. The first-order valence-corrected chi connectivity index (χ1v) is 13.8. The van der Waals surface area contributed by atoms with Crippen LogP contribution in [0.15, 0.2) is 89.5 Å². The van der Waals surface area contributed by atoms with Gasteiger partial charge in [-0.3, -0.25) is 14.6 Å². The first-order chi connectivity index (χ1) is 17.4. The number of hydrogen-bond donors (Lipinski definition) is 2. The molecule has 11 heteroatoms. The predicted molar refractivity (Wildman–Crippen MR) is 143 cm³/mol. The van der Waals surface area contributed by atoms with Crippen molar-refractivity contribution in [2.24, 2.45) is 0 Å². The van der Waals surface area contributed by atoms with Crippen LogP contribution >= 0.6 is 22.7 Å². The number of aryl methyl sites for hydroxylation is 1. The van der Waals surface area contributed by atoms with Crippen molar-refractivity contribution in [2.45, 2.75) is 11.8 Å². The molecule has 0 atom stereocenters. The number of thiazole rings is 1. The number of fused-ring (bicyclic) bond motifs is 1. The number of aromatic nitrogens is 5. The lowest BCUT2D eigenvalue weighted by Crippen LogP contribution is -1.96. The number of hydrogen-bond acceptors (Lipinski definition) is 8. The molecule has 0 radical (unpaired) electrons. The van der Waals surface area contributed by atoms with E-state index in [0.717, 1.165) is 48.3 Å². The highest BCUT2D eigenvalue weighted by molar-refractivity contribution is 7.85. The summed E-state index contributed by atoms with van der Waals surface area (Å²) in [6.45, 7) is 1.84. The van der Waals surface area contributed by atoms with E-state index in [1.165, 1.54) is 18.5 Å². The van der Waals surface area contributed by atoms with Crippen LogP contribution in [-0.4, -0.2) is 38.1 Å². The number of thiophene rings is 1. The molecule has 2 N–H and O–H groups in total. The number of aromatic amines is 1. The number of nitrogens with one attached hydrogen (secondary N) is 1. The van der Waals surface area contributed by atoms with Crippen LogP contribution in [0.5, 0.6) is 0 Å². The normalized spacial score (nSPS) is 11.3. The first kappa shape index (κ1) is 23.9. The average Bonchev–Trinajstić information content (AvgIpc) is 3.65. The SMILES string of the molecule is Cc1ccc(S(=O)(=O)O)cc1.c1ccc(-c2nc(-c3ccnc4ccsc34)sc2-c2ncn[nH]2)cc1. The van der Waals surface area contributed by atoms with Gasteiger partial charge >= 0.3 is 0 Å². The predicted octanol–water partition coefficient (Wildman–Crippen LogP) is 6.11. The Morgan fingerprint density at radius 1 is 0.944 bits per heavy atom. The quantitative estimate of drug-likeness (QED) is 0.262. The molecule has 0 fully saturated rings. The molecule has 0 saturated heterocycles. The van der Waals surface area contributed by atoms with Gasteiger partial charge in [-0.15, -0.1) is 22.7 Å². The first-order valence-electron chi connectivity index (χ1n) is 10.7. The summed E-state index contributed by atoms with van der Waals surface area (Å²) in [6.07, 6.45) is 3.36. The minimum atomic E-state index is -4.02. The van der Waals surface area contributed by atoms with Gasteiger partial charge in [0.1, 0.15) is 11.3 Å². The second-order valence-corrected chi connectivity index (χ2v) is 11.0. The van der Waals surface area contributed by atoms with Gasteiger partial charge < -0.3 is 0 Å². The number of benzene rings is 2. The number of nitrogens with zero attached hydrogens (tertiary/aromatic N) is 4. The van der Waals surface area contributed by atoms with Gasteiger partial charge in [-0.1, -0.05) is 48.0 Å². The molecule has 0 aliphatic carbocycles. The van der Waals surface area contributed by atoms with Crippen molar-refractivity contribution in [3.05, 3.63) is 90.2 Å². The Balaban J connectivity index is 0.000000205. The zero-order chi connectivity index (χ0) is 25.1. The minimum absolute atomic E-state index is 0.0666. The summed E-state index contributed by atoms with van der Waals surface area (Å²) < 4.78 is 30.7. The Hall–Kier alpha value is -3.77. The number of H-pyrrole nitrogens is 1. The van der Waals surface area contributed by atoms with Gasteiger partial charge in [-0.05, 0) is 36.6 Å². The average molecular weight is 534 g/mol. The van der Waals surface area contributed by atoms with E-state index in [2.05, 4.69) is 37.7 Å². The van der Waals surface area contributed by atoms with Gasteiger partial charge in [0.05, 0.1) is 25.7 Å². The molecule has 4 aromatic heterocycles. The summed E-state index contributed by atoms with van der Waals surface area (Å²) in [5, 5.41) is 9.97. The summed E-state index contributed by atoms with van der Waals surface area (Å²) in [7, 11) is -4.02. The monoisotopic (exact) mass is 533 g/mol. The molecule has 6 rings (SSSR count). The molecule has 0 aliphatic heterocycles. The summed E-state index contributed by atoms with van der Waals surface area (Å²) in [5.74, 6) is 0.735. The lowest BCUT2D eigenvalue weighted by Gasteiger charge is -1.99. The Labute approximate surface area is 215 Å². The molecule has 36 heavy (non-hydrogen) atoms. The van der Waals surface area contributed by atoms with Gasteiger partial charge in [-0.25, -0.2) is 9.97 Å². The molecular weight excluding hydrogens is 515 g/mol. The molecule has 0 bridgehead atoms. The van der Waals surface area contributed by atoms with Crippen LogP contribution in [0.3, 0.4) is 0 Å². The van der Waals surface area contributed by atoms with Crippen LogP contribution in [0, 0.1) is 6.92 Å². The molecule has 0 unspecified atom stereocenters. The summed E-state index contributed by atoms with van der Waals surface area (Å²) in [5.41, 5.74) is 5.04. The van der Waals surface area contributed by atoms with Crippen molar-refractivity contribution >= 4 is 43.0 Å². The maximum Gasteiger partial charge on any atom is 0.294 e. The summed E-state index contributed by atoms with van der Waals surface area (Å²) in [4.78, 5) is 14.6. The summed E-state index contributed by atoms with van der Waals surface area (Å²) in [6, 6.07) is 20.2. The summed E-state index contributed by atoms with van der Waals surface area (Å²) >= 11 is 3.30. The highest BCUT2D eigenvalue weighted by Crippen LogP contribution is 2.41. The number of pyridine rings is 1. The van der Waals surface area contributed by atoms with E-state index >= 15 is 0 Å². The van der Waals surface area contributed by atoms with E-state index in [9.17, 15) is 8.42 Å². The third-order valence-electron chi connectivity index (χ3n) is 5.20. The van der Waals surface area contributed by atoms with Crippen molar-refractivity contribution in [3.63, 3.8) is 0 Å². The lowest BCUT2D eigenvalue weighted by molar-refractivity contribution is 0.483. The molecular formula is C25H19N5O3S3. The van der Waals surface area contributed by atoms with E-state index in [4.69, 9.17) is 9.54 Å². The van der Waals surface area contributed by atoms with Gasteiger partial charge in [0.25, 0.3) is 10.1 Å². The third-order valence-corrected chi connectivity index (χ3v) is 8.10. The standard InChI is InChI=1S/C18H11N5S2.C7H8O3S/c1-2-4-11(5-3-1)14-16(17-20-10-21-23-17)25-18(22-14)12-6-8-19-13-7-9-24-15(12)13;1-6-2-4-7(5-3-6)11(8,9)10/h1-10H,(H,20,21,23);2-5H,1H3,(H,8,9,10). The Kier molecular flexibility index (Phi) is 6.70. The number of rotatable bonds is 4. The van der Waals surface area contributed by atoms with Gasteiger partial charge in [0.15, 0.2) is 5.82 Å². The topological polar surface area (TPSA) is 122 Å². The van der Waals surface area contributed by atoms with Crippen LogP contribution in [0.25, 0.3) is 42.7 Å². The van der Waals surface area contributed by atoms with Gasteiger partial charge in [0.2, 0.25) is 0 Å². The highest BCUT2D eigenvalue weighted by atomic mass is 32.2. The fraction of sp³-hybridized carbons (Fsp3) is 0.0400. The van der Waals surface area contributed by atoms with Crippen molar-refractivity contribution in [3.8, 4) is 32.5 Å². The molecule has 0 saturated carbocycles. The third kappa shape index (κ3) is 5.09. The molecule has 2 aromatic carbocycles. The van der Waals surface area contributed by atoms with Crippen molar-refractivity contribution < 1.29 is 13.0 Å². The lowest BCUT2D eigenvalue weighted by atomic mass is 10.1. The van der Waals surface area contributed by atoms with Crippen LogP contribution < -0.4 is 0 Å².